The van der Waals surface area contributed by atoms with Gasteiger partial charge in [-0.05, 0) is 19.8 Å². The summed E-state index contributed by atoms with van der Waals surface area (Å²) in [4.78, 5) is 16.2. The number of nitrogens with zero attached hydrogens (tertiary/aromatic N) is 1. The lowest BCUT2D eigenvalue weighted by Crippen LogP contribution is -2.23. The van der Waals surface area contributed by atoms with Crippen LogP contribution in [0.4, 0.5) is 0 Å². The summed E-state index contributed by atoms with van der Waals surface area (Å²) in [6, 6.07) is 0. The smallest absolute Gasteiger partial charge is 0.350 e. The third-order valence-corrected chi connectivity index (χ3v) is 2.10. The van der Waals surface area contributed by atoms with Crippen LogP contribution in [0.25, 0.3) is 0 Å². The molecule has 0 amide bonds. The van der Waals surface area contributed by atoms with Gasteiger partial charge in [0.2, 0.25) is 6.10 Å². The van der Waals surface area contributed by atoms with Crippen LogP contribution in [0.5, 0.6) is 0 Å². The molecule has 1 aliphatic rings. The molecule has 1 unspecified atom stereocenters. The van der Waals surface area contributed by atoms with Gasteiger partial charge in [-0.15, -0.1) is 0 Å². The zero-order valence-corrected chi connectivity index (χ0v) is 8.78. The van der Waals surface area contributed by atoms with Crippen molar-refractivity contribution in [3.8, 4) is 0 Å². The van der Waals surface area contributed by atoms with Gasteiger partial charge in [0.1, 0.15) is 0 Å². The molecule has 0 aliphatic carbocycles. The molecule has 4 heteroatoms. The molecule has 1 rings (SSSR count). The Morgan fingerprint density at radius 1 is 1.64 bits per heavy atom. The fraction of sp³-hybridized carbons (Fsp3) is 0.800. The van der Waals surface area contributed by atoms with E-state index in [1.54, 1.807) is 6.92 Å². The average molecular weight is 199 g/mol. The van der Waals surface area contributed by atoms with Crippen molar-refractivity contribution in [1.82, 2.24) is 0 Å². The third kappa shape index (κ3) is 3.01. The molecule has 0 aromatic heterocycles. The van der Waals surface area contributed by atoms with Gasteiger partial charge in [-0.2, -0.15) is 0 Å². The zero-order chi connectivity index (χ0) is 10.4. The quantitative estimate of drug-likeness (QED) is 0.635. The molecule has 0 radical (unpaired) electrons. The predicted octanol–water partition coefficient (Wildman–Crippen LogP) is 1.88. The van der Waals surface area contributed by atoms with Crippen molar-refractivity contribution < 1.29 is 14.4 Å². The van der Waals surface area contributed by atoms with E-state index in [0.29, 0.717) is 13.0 Å². The first kappa shape index (κ1) is 11.0. The lowest BCUT2D eigenvalue weighted by atomic mass is 10.1. The Hall–Kier alpha value is -1.06. The summed E-state index contributed by atoms with van der Waals surface area (Å²) in [5, 5.41) is 3.87. The highest BCUT2D eigenvalue weighted by molar-refractivity contribution is 5.91. The van der Waals surface area contributed by atoms with Gasteiger partial charge < -0.3 is 9.57 Å². The Labute approximate surface area is 84.3 Å². The molecular weight excluding hydrogens is 182 g/mol. The summed E-state index contributed by atoms with van der Waals surface area (Å²) < 4.78 is 4.84. The molecular formula is C10H17NO3. The number of hydrogen-bond acceptors (Lipinski definition) is 4. The number of hydrogen-bond donors (Lipinski definition) is 0. The van der Waals surface area contributed by atoms with Crippen molar-refractivity contribution in [1.29, 1.82) is 0 Å². The second-order valence-electron chi connectivity index (χ2n) is 3.31. The molecule has 0 aromatic rings. The molecule has 0 N–H and O–H groups in total. The highest BCUT2D eigenvalue weighted by atomic mass is 16.7. The molecule has 80 valence electrons. The molecule has 0 aromatic carbocycles. The summed E-state index contributed by atoms with van der Waals surface area (Å²) in [6.45, 7) is 4.30. The number of carbonyl (C=O) groups excluding carboxylic acids is 1. The number of carbonyl (C=O) groups is 1. The van der Waals surface area contributed by atoms with E-state index in [1.807, 2.05) is 0 Å². The first-order valence-corrected chi connectivity index (χ1v) is 5.16. The number of rotatable bonds is 5. The van der Waals surface area contributed by atoms with E-state index in [4.69, 9.17) is 9.57 Å². The number of unbranched alkanes of at least 4 members (excludes halogenated alkanes) is 1. The molecule has 1 aliphatic heterocycles. The minimum absolute atomic E-state index is 0.303. The van der Waals surface area contributed by atoms with Gasteiger partial charge in [-0.3, -0.25) is 0 Å². The Balaban J connectivity index is 2.27. The van der Waals surface area contributed by atoms with Crippen LogP contribution in [-0.4, -0.2) is 24.4 Å². The molecule has 0 bridgehead atoms. The first-order chi connectivity index (χ1) is 6.77. The molecule has 0 saturated carbocycles. The van der Waals surface area contributed by atoms with E-state index in [1.165, 1.54) is 0 Å². The first-order valence-electron chi connectivity index (χ1n) is 5.16. The van der Waals surface area contributed by atoms with Crippen LogP contribution >= 0.6 is 0 Å². The van der Waals surface area contributed by atoms with E-state index in [0.717, 1.165) is 25.0 Å². The van der Waals surface area contributed by atoms with Crippen molar-refractivity contribution in [3.63, 3.8) is 0 Å². The second-order valence-corrected chi connectivity index (χ2v) is 3.31. The number of oxime groups is 1. The fourth-order valence-electron chi connectivity index (χ4n) is 1.32. The van der Waals surface area contributed by atoms with Crippen molar-refractivity contribution in [3.05, 3.63) is 0 Å². The topological polar surface area (TPSA) is 47.9 Å². The van der Waals surface area contributed by atoms with Gasteiger partial charge in [-0.25, -0.2) is 4.79 Å². The Morgan fingerprint density at radius 3 is 3.07 bits per heavy atom. The van der Waals surface area contributed by atoms with Gasteiger partial charge in [0.25, 0.3) is 0 Å². The predicted molar refractivity (Wildman–Crippen MR) is 53.1 cm³/mol. The van der Waals surface area contributed by atoms with Crippen LogP contribution in [0.3, 0.4) is 0 Å². The lowest BCUT2D eigenvalue weighted by Gasteiger charge is -2.06. The standard InChI is InChI=1S/C10H17NO3/c1-3-5-6-8-7-9(14-11-8)10(12)13-4-2/h9H,3-7H2,1-2H3. The SMILES string of the molecule is CCCCC1=NOC(C(=O)OCC)C1. The maximum Gasteiger partial charge on any atom is 0.350 e. The monoisotopic (exact) mass is 199 g/mol. The minimum Gasteiger partial charge on any atom is -0.463 e. The maximum atomic E-state index is 11.2. The highest BCUT2D eigenvalue weighted by Crippen LogP contribution is 2.15. The summed E-state index contributed by atoms with van der Waals surface area (Å²) in [5.74, 6) is -0.303. The van der Waals surface area contributed by atoms with Crippen molar-refractivity contribution in [2.75, 3.05) is 6.61 Å². The molecule has 14 heavy (non-hydrogen) atoms. The Morgan fingerprint density at radius 2 is 2.43 bits per heavy atom. The molecule has 0 saturated heterocycles. The van der Waals surface area contributed by atoms with E-state index < -0.39 is 6.10 Å². The number of ether oxygens (including phenoxy) is 1. The van der Waals surface area contributed by atoms with Crippen molar-refractivity contribution in [2.24, 2.45) is 5.16 Å². The van der Waals surface area contributed by atoms with Crippen LogP contribution < -0.4 is 0 Å². The second kappa shape index (κ2) is 5.62. The van der Waals surface area contributed by atoms with E-state index in [2.05, 4.69) is 12.1 Å². The summed E-state index contributed by atoms with van der Waals surface area (Å²) in [7, 11) is 0. The van der Waals surface area contributed by atoms with E-state index in [-0.39, 0.29) is 5.97 Å². The maximum absolute atomic E-state index is 11.2. The molecule has 0 fully saturated rings. The Bertz CT molecular complexity index is 225. The normalized spacial score (nSPS) is 20.1. The molecule has 4 nitrogen and oxygen atoms in total. The van der Waals surface area contributed by atoms with Crippen LogP contribution in [-0.2, 0) is 14.4 Å². The zero-order valence-electron chi connectivity index (χ0n) is 8.78. The highest BCUT2D eigenvalue weighted by Gasteiger charge is 2.28. The van der Waals surface area contributed by atoms with Gasteiger partial charge >= 0.3 is 5.97 Å². The largest absolute Gasteiger partial charge is 0.463 e. The number of esters is 1. The van der Waals surface area contributed by atoms with Crippen LogP contribution in [0.15, 0.2) is 5.16 Å². The van der Waals surface area contributed by atoms with Crippen molar-refractivity contribution >= 4 is 11.7 Å². The fourth-order valence-corrected chi connectivity index (χ4v) is 1.32. The molecule has 1 atom stereocenters. The summed E-state index contributed by atoms with van der Waals surface area (Å²) >= 11 is 0. The van der Waals surface area contributed by atoms with Crippen LogP contribution in [0, 0.1) is 0 Å². The van der Waals surface area contributed by atoms with Gasteiger partial charge in [0.05, 0.1) is 12.3 Å². The van der Waals surface area contributed by atoms with Crippen molar-refractivity contribution in [2.45, 2.75) is 45.6 Å². The third-order valence-electron chi connectivity index (χ3n) is 2.10. The van der Waals surface area contributed by atoms with Crippen LogP contribution in [0.1, 0.15) is 39.5 Å². The lowest BCUT2D eigenvalue weighted by molar-refractivity contribution is -0.154. The minimum atomic E-state index is -0.498. The van der Waals surface area contributed by atoms with E-state index >= 15 is 0 Å². The average Bonchev–Trinajstić information content (AvgIpc) is 2.63. The van der Waals surface area contributed by atoms with Gasteiger partial charge in [0.15, 0.2) is 0 Å². The molecule has 1 heterocycles. The van der Waals surface area contributed by atoms with Crippen LogP contribution in [0.2, 0.25) is 0 Å². The summed E-state index contributed by atoms with van der Waals surface area (Å²) in [5.41, 5.74) is 0.977. The van der Waals surface area contributed by atoms with Gasteiger partial charge in [-0.1, -0.05) is 18.5 Å². The summed E-state index contributed by atoms with van der Waals surface area (Å²) in [6.07, 6.45) is 3.24. The van der Waals surface area contributed by atoms with Gasteiger partial charge in [0, 0.05) is 6.42 Å². The molecule has 0 spiro atoms. The Kier molecular flexibility index (Phi) is 4.43. The van der Waals surface area contributed by atoms with E-state index in [9.17, 15) is 4.79 Å².